The minimum atomic E-state index is 0.931. The van der Waals surface area contributed by atoms with Gasteiger partial charge in [-0.2, -0.15) is 0 Å². The molecule has 12 nitrogen and oxygen atoms in total. The minimum absolute atomic E-state index is 0.931. The molecule has 0 N–H and O–H groups in total. The summed E-state index contributed by atoms with van der Waals surface area (Å²) in [6.45, 7) is 0. The quantitative estimate of drug-likeness (QED) is 0.129. The smallest absolute Gasteiger partial charge is 0.145 e. The first-order valence-corrected chi connectivity index (χ1v) is 45.9. The van der Waals surface area contributed by atoms with E-state index in [1.165, 1.54) is 137 Å². The van der Waals surface area contributed by atoms with E-state index in [0.29, 0.717) is 0 Å². The topological polar surface area (TPSA) is 82.5 Å². The van der Waals surface area contributed by atoms with Gasteiger partial charge in [0.1, 0.15) is 17.3 Å². The highest BCUT2D eigenvalue weighted by Gasteiger charge is 2.27. The Hall–Kier alpha value is -18.4. The Morgan fingerprint density at radius 1 is 0.156 bits per heavy atom. The number of imidazole rings is 3. The van der Waals surface area contributed by atoms with Crippen LogP contribution in [0.1, 0.15) is 0 Å². The average molecular weight is 1730 g/mol. The van der Waals surface area contributed by atoms with Crippen LogP contribution in [0.3, 0.4) is 0 Å². The highest BCUT2D eigenvalue weighted by molar-refractivity contribution is 6.29. The lowest BCUT2D eigenvalue weighted by molar-refractivity contribution is 1.09. The van der Waals surface area contributed by atoms with Gasteiger partial charge < -0.3 is 31.8 Å². The van der Waals surface area contributed by atoms with Crippen molar-refractivity contribution in [2.24, 2.45) is 0 Å². The fraction of sp³-hybridized carbons (Fsp3) is 0. The summed E-state index contributed by atoms with van der Waals surface area (Å²) in [5, 5.41) is 15.1. The number of hydrogen-bond acceptors (Lipinski definition) is 3. The second-order valence-corrected chi connectivity index (χ2v) is 34.6. The molecule has 0 bridgehead atoms. The van der Waals surface area contributed by atoms with Crippen LogP contribution in [-0.4, -0.2) is 55.9 Å². The molecule has 135 heavy (non-hydrogen) atoms. The van der Waals surface area contributed by atoms with Crippen LogP contribution < -0.4 is 0 Å². The van der Waals surface area contributed by atoms with Crippen molar-refractivity contribution in [3.05, 3.63) is 486 Å². The molecule has 0 atom stereocenters. The maximum Gasteiger partial charge on any atom is 0.145 e. The zero-order valence-electron chi connectivity index (χ0n) is 73.1. The first kappa shape index (κ1) is 76.6. The largest absolute Gasteiger partial charge is 0.309 e. The molecule has 10 heterocycles. The van der Waals surface area contributed by atoms with Gasteiger partial charge in [0, 0.05) is 139 Å². The van der Waals surface area contributed by atoms with Gasteiger partial charge in [0.05, 0.1) is 94.0 Å². The highest BCUT2D eigenvalue weighted by Crippen LogP contribution is 2.48. The maximum atomic E-state index is 5.10. The zero-order valence-corrected chi connectivity index (χ0v) is 73.1. The Balaban J connectivity index is 0.000000103. The fourth-order valence-electron chi connectivity index (χ4n) is 21.4. The molecule has 0 aliphatic heterocycles. The second-order valence-electron chi connectivity index (χ2n) is 34.6. The maximum absolute atomic E-state index is 5.10. The molecule has 0 radical (unpaired) electrons. The Kier molecular flexibility index (Phi) is 17.7. The summed E-state index contributed by atoms with van der Waals surface area (Å²) in [6, 6.07) is 169. The van der Waals surface area contributed by atoms with Crippen LogP contribution >= 0.6 is 0 Å². The van der Waals surface area contributed by atoms with Gasteiger partial charge in [-0.05, 0) is 200 Å². The summed E-state index contributed by atoms with van der Waals surface area (Å²) >= 11 is 0. The number of nitrogens with zero attached hydrogens (tertiary/aromatic N) is 12. The van der Waals surface area contributed by atoms with Crippen LogP contribution in [-0.2, 0) is 0 Å². The molecule has 29 rings (SSSR count). The van der Waals surface area contributed by atoms with E-state index in [-0.39, 0.29) is 0 Å². The van der Waals surface area contributed by atoms with E-state index in [9.17, 15) is 0 Å². The van der Waals surface area contributed by atoms with Gasteiger partial charge in [-0.25, -0.2) is 15.0 Å². The zero-order chi connectivity index (χ0) is 88.7. The van der Waals surface area contributed by atoms with E-state index in [1.54, 1.807) is 0 Å². The summed E-state index contributed by atoms with van der Waals surface area (Å²) < 4.78 is 21.1. The van der Waals surface area contributed by atoms with Gasteiger partial charge >= 0.3 is 0 Å². The van der Waals surface area contributed by atoms with Crippen molar-refractivity contribution in [2.45, 2.75) is 0 Å². The van der Waals surface area contributed by atoms with E-state index in [2.05, 4.69) is 484 Å². The minimum Gasteiger partial charge on any atom is -0.309 e. The molecule has 10 aromatic heterocycles. The van der Waals surface area contributed by atoms with Crippen molar-refractivity contribution < 1.29 is 0 Å². The molecular formula is C123H80N12. The van der Waals surface area contributed by atoms with Gasteiger partial charge in [0.25, 0.3) is 0 Å². The van der Waals surface area contributed by atoms with Gasteiger partial charge in [0.15, 0.2) is 0 Å². The van der Waals surface area contributed by atoms with E-state index in [1.807, 2.05) is 42.6 Å². The molecule has 19 aromatic carbocycles. The number of aromatic nitrogens is 12. The van der Waals surface area contributed by atoms with Crippen LogP contribution in [0.2, 0.25) is 0 Å². The standard InChI is InChI=1S/2C43H28N4.C37H24N4/c1-3-13-30(14-4-1)46-37-20-10-7-17-33(37)34-27-28-40-41(42(34)46)35-18-8-11-21-38(35)45(40)32-25-23-29(24-26-32)43-44-36-19-9-12-22-39(36)47(43)31-15-5-2-6-16-31;1-3-13-29(14-4-1)43-44-36-19-9-12-22-39(36)47(43)32-25-23-31(24-26-32)45-38-21-11-8-18-35(38)41-40(45)28-27-34-33-17-7-10-20-37(33)46(42(34)41)30-15-5-2-6-16-30;1-2-10-26(11-3-1)41-32-14-6-4-12-28(32)29-21-22-34-36(37(29)41)30-13-5-7-15-33(30)40(34)27-19-17-25(18-20-27)31-24-39-23-9-8-16-35(39)38-31/h2*1-28H;1-24H. The third kappa shape index (κ3) is 12.2. The summed E-state index contributed by atoms with van der Waals surface area (Å²) in [7, 11) is 0. The third-order valence-electron chi connectivity index (χ3n) is 27.2. The summed E-state index contributed by atoms with van der Waals surface area (Å²) in [4.78, 5) is 15.0. The van der Waals surface area contributed by atoms with E-state index in [4.69, 9.17) is 15.0 Å². The van der Waals surface area contributed by atoms with Crippen molar-refractivity contribution in [1.82, 2.24) is 55.9 Å². The summed E-state index contributed by atoms with van der Waals surface area (Å²) in [6.07, 6.45) is 4.12. The molecule has 0 aliphatic carbocycles. The van der Waals surface area contributed by atoms with Crippen LogP contribution in [0.4, 0.5) is 0 Å². The van der Waals surface area contributed by atoms with Crippen LogP contribution in [0.25, 0.3) is 238 Å². The number of fused-ring (bicyclic) bond motifs is 24. The lowest BCUT2D eigenvalue weighted by atomic mass is 10.1. The molecule has 0 unspecified atom stereocenters. The molecule has 0 saturated heterocycles. The number of hydrogen-bond donors (Lipinski definition) is 0. The Labute approximate surface area is 774 Å². The molecule has 12 heteroatoms. The van der Waals surface area contributed by atoms with E-state index < -0.39 is 0 Å². The second kappa shape index (κ2) is 31.2. The first-order valence-electron chi connectivity index (χ1n) is 45.9. The van der Waals surface area contributed by atoms with Crippen LogP contribution in [0.15, 0.2) is 486 Å². The Bertz CT molecular complexity index is 9670. The van der Waals surface area contributed by atoms with E-state index >= 15 is 0 Å². The highest BCUT2D eigenvalue weighted by atomic mass is 15.1. The van der Waals surface area contributed by atoms with Crippen LogP contribution in [0, 0.1) is 0 Å². The summed E-state index contributed by atoms with van der Waals surface area (Å²) in [5.74, 6) is 1.87. The van der Waals surface area contributed by atoms with Gasteiger partial charge in [-0.3, -0.25) is 9.13 Å². The van der Waals surface area contributed by atoms with Crippen molar-refractivity contribution in [3.8, 4) is 79.5 Å². The van der Waals surface area contributed by atoms with Crippen molar-refractivity contribution >= 4 is 159 Å². The molecular weight excluding hydrogens is 1650 g/mol. The lowest BCUT2D eigenvalue weighted by Gasteiger charge is -2.13. The van der Waals surface area contributed by atoms with Crippen molar-refractivity contribution in [2.75, 3.05) is 0 Å². The molecule has 0 aliphatic rings. The molecule has 0 fully saturated rings. The lowest BCUT2D eigenvalue weighted by Crippen LogP contribution is -1.99. The van der Waals surface area contributed by atoms with Crippen molar-refractivity contribution in [1.29, 1.82) is 0 Å². The Morgan fingerprint density at radius 3 is 0.785 bits per heavy atom. The number of pyridine rings is 1. The number of benzene rings is 19. The van der Waals surface area contributed by atoms with Gasteiger partial charge in [0.2, 0.25) is 0 Å². The fourth-order valence-corrected chi connectivity index (χ4v) is 21.4. The van der Waals surface area contributed by atoms with Gasteiger partial charge in [-0.15, -0.1) is 0 Å². The SMILES string of the molecule is c1ccc(-c2nc3ccccc3n2-c2ccc(-n3c4ccccc4c4c3ccc3c5ccccc5n(-c5ccccc5)c34)cc2)cc1.c1ccc(-n2c(-c3ccc(-n4c5ccccc5c5c4ccc4c6ccccc6n(-c6ccccc6)c45)cc3)nc3ccccc32)cc1.c1ccc(-n2c3ccccc3c3ccc4c(c5ccccc5n4-c4ccc(-c5cn6ccccc6n5)cc4)c32)cc1. The van der Waals surface area contributed by atoms with Crippen LogP contribution in [0.5, 0.6) is 0 Å². The normalized spacial score (nSPS) is 11.9. The molecule has 0 saturated carbocycles. The molecule has 632 valence electrons. The molecule has 29 aromatic rings. The predicted octanol–water partition coefficient (Wildman–Crippen LogP) is 31.0. The van der Waals surface area contributed by atoms with Gasteiger partial charge in [-0.1, -0.05) is 273 Å². The molecule has 0 amide bonds. The average Bonchev–Trinajstić information content (AvgIpc) is 1.55. The van der Waals surface area contributed by atoms with E-state index in [0.717, 1.165) is 102 Å². The first-order chi connectivity index (χ1) is 67.0. The Morgan fingerprint density at radius 2 is 0.422 bits per heavy atom. The number of rotatable bonds is 11. The molecule has 0 spiro atoms. The number of para-hydroxylation sites is 14. The monoisotopic (exact) mass is 1720 g/mol. The van der Waals surface area contributed by atoms with Crippen molar-refractivity contribution in [3.63, 3.8) is 0 Å². The third-order valence-corrected chi connectivity index (χ3v) is 27.2. The predicted molar refractivity (Wildman–Crippen MR) is 560 cm³/mol. The summed E-state index contributed by atoms with van der Waals surface area (Å²) in [5.41, 5.74) is 32.8.